The van der Waals surface area contributed by atoms with Crippen molar-refractivity contribution in [2.75, 3.05) is 26.7 Å². The molecule has 0 spiro atoms. The third-order valence-electron chi connectivity index (χ3n) is 4.73. The van der Waals surface area contributed by atoms with E-state index in [1.54, 1.807) is 0 Å². The molecule has 0 saturated carbocycles. The standard InChI is InChI=1S/C20H27N5O3/c1-3-17-22-19(28-23-17)14-24(2)13-18(26)21-12-15-6-8-16(9-7-15)20(27)25-10-4-5-11-25/h6-9H,3-5,10-14H2,1-2H3,(H,21,26). The van der Waals surface area contributed by atoms with E-state index in [9.17, 15) is 9.59 Å². The second-order valence-electron chi connectivity index (χ2n) is 7.10. The second kappa shape index (κ2) is 9.45. The zero-order valence-electron chi connectivity index (χ0n) is 16.5. The number of benzene rings is 1. The number of carbonyl (C=O) groups excluding carboxylic acids is 2. The molecule has 0 atom stereocenters. The second-order valence-corrected chi connectivity index (χ2v) is 7.10. The van der Waals surface area contributed by atoms with Crippen molar-refractivity contribution in [3.05, 3.63) is 47.1 Å². The van der Waals surface area contributed by atoms with Crippen molar-refractivity contribution in [3.63, 3.8) is 0 Å². The molecular weight excluding hydrogens is 358 g/mol. The molecule has 0 aliphatic carbocycles. The minimum atomic E-state index is -0.0880. The molecule has 0 radical (unpaired) electrons. The highest BCUT2D eigenvalue weighted by atomic mass is 16.5. The van der Waals surface area contributed by atoms with E-state index < -0.39 is 0 Å². The Bertz CT molecular complexity index is 796. The van der Waals surface area contributed by atoms with Gasteiger partial charge in [-0.15, -0.1) is 0 Å². The van der Waals surface area contributed by atoms with Gasteiger partial charge in [-0.2, -0.15) is 4.98 Å². The number of nitrogens with zero attached hydrogens (tertiary/aromatic N) is 4. The summed E-state index contributed by atoms with van der Waals surface area (Å²) in [4.78, 5) is 32.4. The fourth-order valence-corrected chi connectivity index (χ4v) is 3.15. The summed E-state index contributed by atoms with van der Waals surface area (Å²) in [6, 6.07) is 7.43. The van der Waals surface area contributed by atoms with Crippen molar-refractivity contribution in [2.24, 2.45) is 0 Å². The van der Waals surface area contributed by atoms with Crippen molar-refractivity contribution in [1.82, 2.24) is 25.3 Å². The molecule has 1 aliphatic heterocycles. The van der Waals surface area contributed by atoms with Crippen molar-refractivity contribution < 1.29 is 14.1 Å². The zero-order chi connectivity index (χ0) is 19.9. The number of aromatic nitrogens is 2. The van der Waals surface area contributed by atoms with E-state index in [4.69, 9.17) is 4.52 Å². The minimum absolute atomic E-state index is 0.0852. The van der Waals surface area contributed by atoms with E-state index in [2.05, 4.69) is 15.5 Å². The van der Waals surface area contributed by atoms with Gasteiger partial charge in [-0.1, -0.05) is 24.2 Å². The molecule has 1 fully saturated rings. The normalized spacial score (nSPS) is 13.9. The van der Waals surface area contributed by atoms with Crippen LogP contribution in [0.25, 0.3) is 0 Å². The van der Waals surface area contributed by atoms with Crippen LogP contribution in [0, 0.1) is 0 Å². The average Bonchev–Trinajstić information content (AvgIpc) is 3.38. The number of carbonyl (C=O) groups is 2. The number of hydrogen-bond acceptors (Lipinski definition) is 6. The Morgan fingerprint density at radius 2 is 1.93 bits per heavy atom. The van der Waals surface area contributed by atoms with Crippen LogP contribution in [0.1, 0.15) is 47.4 Å². The predicted molar refractivity (Wildman–Crippen MR) is 103 cm³/mol. The molecule has 0 bridgehead atoms. The molecule has 1 saturated heterocycles. The van der Waals surface area contributed by atoms with Gasteiger partial charge in [0.2, 0.25) is 11.8 Å². The van der Waals surface area contributed by atoms with E-state index >= 15 is 0 Å². The maximum absolute atomic E-state index is 12.3. The van der Waals surface area contributed by atoms with Crippen LogP contribution in [-0.4, -0.2) is 58.4 Å². The highest BCUT2D eigenvalue weighted by Crippen LogP contribution is 2.13. The van der Waals surface area contributed by atoms with E-state index in [1.165, 1.54) is 0 Å². The largest absolute Gasteiger partial charge is 0.351 e. The number of rotatable bonds is 8. The maximum atomic E-state index is 12.3. The molecule has 0 unspecified atom stereocenters. The first-order chi connectivity index (χ1) is 13.5. The van der Waals surface area contributed by atoms with Gasteiger partial charge >= 0.3 is 0 Å². The summed E-state index contributed by atoms with van der Waals surface area (Å²) in [5.41, 5.74) is 1.65. The quantitative estimate of drug-likeness (QED) is 0.742. The van der Waals surface area contributed by atoms with Gasteiger partial charge in [0, 0.05) is 31.6 Å². The fourth-order valence-electron chi connectivity index (χ4n) is 3.15. The Hall–Kier alpha value is -2.74. The molecule has 1 aliphatic rings. The summed E-state index contributed by atoms with van der Waals surface area (Å²) in [6.45, 7) is 4.72. The Morgan fingerprint density at radius 3 is 2.57 bits per heavy atom. The molecule has 8 nitrogen and oxygen atoms in total. The van der Waals surface area contributed by atoms with E-state index in [1.807, 2.05) is 48.0 Å². The molecule has 2 aromatic rings. The fraction of sp³-hybridized carbons (Fsp3) is 0.500. The van der Waals surface area contributed by atoms with Gasteiger partial charge in [0.1, 0.15) is 0 Å². The molecule has 1 aromatic heterocycles. The Balaban J connectivity index is 1.42. The Morgan fingerprint density at radius 1 is 1.21 bits per heavy atom. The van der Waals surface area contributed by atoms with Crippen LogP contribution in [0.2, 0.25) is 0 Å². The third kappa shape index (κ3) is 5.39. The van der Waals surface area contributed by atoms with Gasteiger partial charge in [0.05, 0.1) is 13.1 Å². The number of hydrogen-bond donors (Lipinski definition) is 1. The summed E-state index contributed by atoms with van der Waals surface area (Å²) >= 11 is 0. The number of nitrogens with one attached hydrogen (secondary N) is 1. The zero-order valence-corrected chi connectivity index (χ0v) is 16.5. The number of amides is 2. The first-order valence-corrected chi connectivity index (χ1v) is 9.70. The van der Waals surface area contributed by atoms with Crippen molar-refractivity contribution in [3.8, 4) is 0 Å². The van der Waals surface area contributed by atoms with Crippen molar-refractivity contribution in [2.45, 2.75) is 39.3 Å². The lowest BCUT2D eigenvalue weighted by atomic mass is 10.1. The molecule has 1 aromatic carbocycles. The molecular formula is C20H27N5O3. The van der Waals surface area contributed by atoms with E-state index in [0.29, 0.717) is 30.4 Å². The molecule has 150 valence electrons. The minimum Gasteiger partial charge on any atom is -0.351 e. The lowest BCUT2D eigenvalue weighted by molar-refractivity contribution is -0.122. The first kappa shape index (κ1) is 20.0. The van der Waals surface area contributed by atoms with Gasteiger partial charge in [0.25, 0.3) is 5.91 Å². The summed E-state index contributed by atoms with van der Waals surface area (Å²) < 4.78 is 5.14. The highest BCUT2D eigenvalue weighted by Gasteiger charge is 2.19. The highest BCUT2D eigenvalue weighted by molar-refractivity contribution is 5.94. The van der Waals surface area contributed by atoms with Crippen LogP contribution in [0.3, 0.4) is 0 Å². The summed E-state index contributed by atoms with van der Waals surface area (Å²) in [5, 5.41) is 6.74. The van der Waals surface area contributed by atoms with Gasteiger partial charge in [-0.25, -0.2) is 0 Å². The summed E-state index contributed by atoms with van der Waals surface area (Å²) in [5.74, 6) is 1.17. The summed E-state index contributed by atoms with van der Waals surface area (Å²) in [7, 11) is 1.83. The van der Waals surface area contributed by atoms with Crippen LogP contribution < -0.4 is 5.32 Å². The third-order valence-corrected chi connectivity index (χ3v) is 4.73. The molecule has 2 amide bonds. The SMILES string of the molecule is CCc1noc(CN(C)CC(=O)NCc2ccc(C(=O)N3CCCC3)cc2)n1. The molecule has 3 rings (SSSR count). The molecule has 1 N–H and O–H groups in total. The lowest BCUT2D eigenvalue weighted by Crippen LogP contribution is -2.34. The average molecular weight is 385 g/mol. The smallest absolute Gasteiger partial charge is 0.253 e. The molecule has 28 heavy (non-hydrogen) atoms. The van der Waals surface area contributed by atoms with Crippen LogP contribution in [0.5, 0.6) is 0 Å². The number of aryl methyl sites for hydroxylation is 1. The molecule has 8 heteroatoms. The van der Waals surface area contributed by atoms with Crippen LogP contribution in [0.4, 0.5) is 0 Å². The van der Waals surface area contributed by atoms with Gasteiger partial charge in [-0.3, -0.25) is 14.5 Å². The maximum Gasteiger partial charge on any atom is 0.253 e. The van der Waals surface area contributed by atoms with E-state index in [-0.39, 0.29) is 18.4 Å². The van der Waals surface area contributed by atoms with Crippen LogP contribution in [-0.2, 0) is 24.3 Å². The van der Waals surface area contributed by atoms with Gasteiger partial charge in [0.15, 0.2) is 5.82 Å². The van der Waals surface area contributed by atoms with Crippen molar-refractivity contribution in [1.29, 1.82) is 0 Å². The number of likely N-dealkylation sites (tertiary alicyclic amines) is 1. The monoisotopic (exact) mass is 385 g/mol. The molecule has 2 heterocycles. The van der Waals surface area contributed by atoms with Crippen LogP contribution >= 0.6 is 0 Å². The van der Waals surface area contributed by atoms with Gasteiger partial charge < -0.3 is 14.7 Å². The van der Waals surface area contributed by atoms with Crippen LogP contribution in [0.15, 0.2) is 28.8 Å². The van der Waals surface area contributed by atoms with Crippen molar-refractivity contribution >= 4 is 11.8 Å². The van der Waals surface area contributed by atoms with E-state index in [0.717, 1.165) is 37.9 Å². The van der Waals surface area contributed by atoms with Gasteiger partial charge in [-0.05, 0) is 37.6 Å². The number of likely N-dealkylation sites (N-methyl/N-ethyl adjacent to an activating group) is 1. The summed E-state index contributed by atoms with van der Waals surface area (Å²) in [6.07, 6.45) is 2.88. The first-order valence-electron chi connectivity index (χ1n) is 9.70. The Labute approximate surface area is 164 Å². The topological polar surface area (TPSA) is 91.6 Å². The lowest BCUT2D eigenvalue weighted by Gasteiger charge is -2.16. The predicted octanol–water partition coefficient (Wildman–Crippen LogP) is 1.62. The Kier molecular flexibility index (Phi) is 6.76.